The molecule has 1 N–H and O–H groups in total. The average Bonchev–Trinajstić information content (AvgIpc) is 3.12. The van der Waals surface area contributed by atoms with Gasteiger partial charge in [-0.1, -0.05) is 6.08 Å². The first-order chi connectivity index (χ1) is 11.4. The van der Waals surface area contributed by atoms with Crippen LogP contribution in [0.15, 0.2) is 35.5 Å². The van der Waals surface area contributed by atoms with Gasteiger partial charge in [0, 0.05) is 32.7 Å². The molecule has 1 saturated heterocycles. The molecule has 7 heteroatoms. The van der Waals surface area contributed by atoms with Crippen molar-refractivity contribution in [1.29, 1.82) is 0 Å². The Morgan fingerprint density at radius 2 is 1.88 bits per heavy atom. The van der Waals surface area contributed by atoms with Gasteiger partial charge >= 0.3 is 0 Å². The number of nitrogens with one attached hydrogen (secondary N) is 1. The first kappa shape index (κ1) is 17.8. The Morgan fingerprint density at radius 3 is 2.42 bits per heavy atom. The summed E-state index contributed by atoms with van der Waals surface area (Å²) in [6, 6.07) is 3.28. The normalized spacial score (nSPS) is 15.1. The van der Waals surface area contributed by atoms with Gasteiger partial charge < -0.3 is 19.5 Å². The largest absolute Gasteiger partial charge is 0.459 e. The maximum atomic E-state index is 12.6. The number of hydrogen-bond donors (Lipinski definition) is 1. The highest BCUT2D eigenvalue weighted by Crippen LogP contribution is 2.21. The fourth-order valence-corrected chi connectivity index (χ4v) is 2.55. The molecule has 0 unspecified atom stereocenters. The summed E-state index contributed by atoms with van der Waals surface area (Å²) in [4.78, 5) is 40.3. The molecule has 3 amide bonds. The standard InChI is InChI=1S/C17H23N3O4/c1-4-7-18-15(22)17(2,3)16(23)20-10-8-19(9-11-20)14(21)13-6-5-12-24-13/h4-6,12H,1,7-11H2,2-3H3,(H,18,22). The molecule has 24 heavy (non-hydrogen) atoms. The van der Waals surface area contributed by atoms with Gasteiger partial charge in [-0.05, 0) is 26.0 Å². The molecule has 0 aromatic carbocycles. The van der Waals surface area contributed by atoms with Crippen molar-refractivity contribution in [2.75, 3.05) is 32.7 Å². The summed E-state index contributed by atoms with van der Waals surface area (Å²) in [7, 11) is 0. The summed E-state index contributed by atoms with van der Waals surface area (Å²) >= 11 is 0. The van der Waals surface area contributed by atoms with Gasteiger partial charge in [0.1, 0.15) is 5.41 Å². The lowest BCUT2D eigenvalue weighted by Crippen LogP contribution is -2.56. The number of rotatable bonds is 5. The SMILES string of the molecule is C=CCNC(=O)C(C)(C)C(=O)N1CCN(C(=O)c2ccco2)CC1. The highest BCUT2D eigenvalue weighted by atomic mass is 16.3. The van der Waals surface area contributed by atoms with E-state index in [2.05, 4.69) is 11.9 Å². The zero-order valence-corrected chi connectivity index (χ0v) is 14.1. The summed E-state index contributed by atoms with van der Waals surface area (Å²) in [5.74, 6) is -0.468. The molecule has 1 aromatic rings. The lowest BCUT2D eigenvalue weighted by Gasteiger charge is -2.37. The second-order valence-corrected chi connectivity index (χ2v) is 6.19. The van der Waals surface area contributed by atoms with Crippen LogP contribution in [0.5, 0.6) is 0 Å². The first-order valence-corrected chi connectivity index (χ1v) is 7.89. The summed E-state index contributed by atoms with van der Waals surface area (Å²) in [6.45, 7) is 8.68. The van der Waals surface area contributed by atoms with Crippen molar-refractivity contribution in [2.45, 2.75) is 13.8 Å². The monoisotopic (exact) mass is 333 g/mol. The van der Waals surface area contributed by atoms with E-state index in [9.17, 15) is 14.4 Å². The van der Waals surface area contributed by atoms with E-state index in [1.165, 1.54) is 6.26 Å². The topological polar surface area (TPSA) is 82.9 Å². The molecular weight excluding hydrogens is 310 g/mol. The van der Waals surface area contributed by atoms with Crippen LogP contribution < -0.4 is 5.32 Å². The predicted octanol–water partition coefficient (Wildman–Crippen LogP) is 0.892. The zero-order valence-electron chi connectivity index (χ0n) is 14.1. The Labute approximate surface area is 141 Å². The third-order valence-electron chi connectivity index (χ3n) is 4.10. The zero-order chi connectivity index (χ0) is 17.7. The molecule has 1 aliphatic rings. The van der Waals surface area contributed by atoms with Gasteiger partial charge in [-0.25, -0.2) is 0 Å². The van der Waals surface area contributed by atoms with Crippen molar-refractivity contribution in [2.24, 2.45) is 5.41 Å². The number of piperazine rings is 1. The van der Waals surface area contributed by atoms with Crippen molar-refractivity contribution in [3.8, 4) is 0 Å². The van der Waals surface area contributed by atoms with Crippen LogP contribution in [0.2, 0.25) is 0 Å². The molecule has 130 valence electrons. The van der Waals surface area contributed by atoms with Crippen LogP contribution in [-0.2, 0) is 9.59 Å². The van der Waals surface area contributed by atoms with E-state index in [1.54, 1.807) is 41.9 Å². The Kier molecular flexibility index (Phi) is 5.43. The van der Waals surface area contributed by atoms with E-state index in [0.29, 0.717) is 38.5 Å². The third-order valence-corrected chi connectivity index (χ3v) is 4.10. The molecule has 2 heterocycles. The van der Waals surface area contributed by atoms with Gasteiger partial charge in [0.15, 0.2) is 5.76 Å². The van der Waals surface area contributed by atoms with Crippen molar-refractivity contribution < 1.29 is 18.8 Å². The number of carbonyl (C=O) groups is 3. The Balaban J connectivity index is 1.93. The van der Waals surface area contributed by atoms with Crippen LogP contribution in [0.1, 0.15) is 24.4 Å². The van der Waals surface area contributed by atoms with Crippen molar-refractivity contribution in [1.82, 2.24) is 15.1 Å². The number of furan rings is 1. The summed E-state index contributed by atoms with van der Waals surface area (Å²) < 4.78 is 5.11. The van der Waals surface area contributed by atoms with Crippen LogP contribution >= 0.6 is 0 Å². The lowest BCUT2D eigenvalue weighted by atomic mass is 9.90. The first-order valence-electron chi connectivity index (χ1n) is 7.89. The van der Waals surface area contributed by atoms with Gasteiger partial charge in [-0.3, -0.25) is 14.4 Å². The van der Waals surface area contributed by atoms with Gasteiger partial charge in [-0.2, -0.15) is 0 Å². The fourth-order valence-electron chi connectivity index (χ4n) is 2.55. The number of amides is 3. The Morgan fingerprint density at radius 1 is 1.25 bits per heavy atom. The minimum atomic E-state index is -1.16. The number of nitrogens with zero attached hydrogens (tertiary/aromatic N) is 2. The van der Waals surface area contributed by atoms with E-state index in [0.717, 1.165) is 0 Å². The summed E-state index contributed by atoms with van der Waals surface area (Å²) in [5, 5.41) is 2.66. The van der Waals surface area contributed by atoms with E-state index in [-0.39, 0.29) is 17.7 Å². The maximum Gasteiger partial charge on any atom is 0.289 e. The molecule has 1 aromatic heterocycles. The molecule has 0 bridgehead atoms. The third kappa shape index (κ3) is 3.67. The second-order valence-electron chi connectivity index (χ2n) is 6.19. The molecule has 0 spiro atoms. The Hall–Kier alpha value is -2.57. The molecule has 1 aliphatic heterocycles. The van der Waals surface area contributed by atoms with Crippen molar-refractivity contribution >= 4 is 17.7 Å². The van der Waals surface area contributed by atoms with Crippen LogP contribution in [-0.4, -0.2) is 60.2 Å². The molecular formula is C17H23N3O4. The minimum absolute atomic E-state index is 0.185. The van der Waals surface area contributed by atoms with Crippen molar-refractivity contribution in [3.63, 3.8) is 0 Å². The van der Waals surface area contributed by atoms with E-state index < -0.39 is 5.41 Å². The van der Waals surface area contributed by atoms with Crippen LogP contribution in [0.3, 0.4) is 0 Å². The smallest absolute Gasteiger partial charge is 0.289 e. The van der Waals surface area contributed by atoms with Crippen molar-refractivity contribution in [3.05, 3.63) is 36.8 Å². The van der Waals surface area contributed by atoms with Gasteiger partial charge in [0.25, 0.3) is 5.91 Å². The van der Waals surface area contributed by atoms with E-state index in [1.807, 2.05) is 0 Å². The second kappa shape index (κ2) is 7.33. The number of hydrogen-bond acceptors (Lipinski definition) is 4. The van der Waals surface area contributed by atoms with Gasteiger partial charge in [0.05, 0.1) is 6.26 Å². The Bertz CT molecular complexity index is 614. The lowest BCUT2D eigenvalue weighted by molar-refractivity contribution is -0.149. The van der Waals surface area contributed by atoms with Crippen LogP contribution in [0, 0.1) is 5.41 Å². The molecule has 2 rings (SSSR count). The molecule has 0 atom stereocenters. The maximum absolute atomic E-state index is 12.6. The highest BCUT2D eigenvalue weighted by Gasteiger charge is 2.40. The quantitative estimate of drug-likeness (QED) is 0.641. The molecule has 0 saturated carbocycles. The predicted molar refractivity (Wildman–Crippen MR) is 88.2 cm³/mol. The summed E-state index contributed by atoms with van der Waals surface area (Å²) in [6.07, 6.45) is 3.02. The molecule has 0 radical (unpaired) electrons. The average molecular weight is 333 g/mol. The highest BCUT2D eigenvalue weighted by molar-refractivity contribution is 6.04. The van der Waals surface area contributed by atoms with Crippen LogP contribution in [0.4, 0.5) is 0 Å². The van der Waals surface area contributed by atoms with Crippen LogP contribution in [0.25, 0.3) is 0 Å². The molecule has 0 aliphatic carbocycles. The summed E-state index contributed by atoms with van der Waals surface area (Å²) in [5.41, 5.74) is -1.16. The van der Waals surface area contributed by atoms with E-state index >= 15 is 0 Å². The molecule has 1 fully saturated rings. The molecule has 7 nitrogen and oxygen atoms in total. The van der Waals surface area contributed by atoms with Gasteiger partial charge in [0.2, 0.25) is 11.8 Å². The number of carbonyl (C=O) groups excluding carboxylic acids is 3. The fraction of sp³-hybridized carbons (Fsp3) is 0.471. The van der Waals surface area contributed by atoms with Gasteiger partial charge in [-0.15, -0.1) is 6.58 Å². The van der Waals surface area contributed by atoms with E-state index in [4.69, 9.17) is 4.42 Å². The minimum Gasteiger partial charge on any atom is -0.459 e.